The largest absolute Gasteiger partial charge is 0.298 e. The third-order valence-corrected chi connectivity index (χ3v) is 4.01. The number of alkyl halides is 1. The molecule has 0 amide bonds. The van der Waals surface area contributed by atoms with Gasteiger partial charge in [-0.3, -0.25) is 9.48 Å². The van der Waals surface area contributed by atoms with Crippen LogP contribution in [0.15, 0.2) is 6.20 Å². The Morgan fingerprint density at radius 2 is 1.95 bits per heavy atom. The zero-order chi connectivity index (χ0) is 14.8. The summed E-state index contributed by atoms with van der Waals surface area (Å²) in [5.74, 6) is 0.961. The van der Waals surface area contributed by atoms with Crippen molar-refractivity contribution >= 4 is 28.4 Å². The van der Waals surface area contributed by atoms with Crippen LogP contribution in [0.3, 0.4) is 0 Å². The van der Waals surface area contributed by atoms with E-state index in [0.29, 0.717) is 11.7 Å². The van der Waals surface area contributed by atoms with Crippen LogP contribution in [0.25, 0.3) is 0 Å². The Kier molecular flexibility index (Phi) is 5.53. The highest BCUT2D eigenvalue weighted by Gasteiger charge is 2.31. The van der Waals surface area contributed by atoms with Gasteiger partial charge in [0.05, 0.1) is 9.12 Å². The summed E-state index contributed by atoms with van der Waals surface area (Å²) in [6.07, 6.45) is 1.98. The van der Waals surface area contributed by atoms with Crippen molar-refractivity contribution in [3.63, 3.8) is 0 Å². The summed E-state index contributed by atoms with van der Waals surface area (Å²) in [7, 11) is 0. The molecule has 1 rings (SSSR count). The highest BCUT2D eigenvalue weighted by molar-refractivity contribution is 14.1. The predicted molar refractivity (Wildman–Crippen MR) is 85.5 cm³/mol. The Balaban J connectivity index is 2.68. The fourth-order valence-electron chi connectivity index (χ4n) is 1.92. The molecule has 0 aromatic carbocycles. The number of carbonyl (C=O) groups is 1. The quantitative estimate of drug-likeness (QED) is 0.564. The lowest BCUT2D eigenvalue weighted by molar-refractivity contribution is -0.125. The third-order valence-electron chi connectivity index (χ3n) is 3.48. The summed E-state index contributed by atoms with van der Waals surface area (Å²) < 4.78 is 1.54. The highest BCUT2D eigenvalue weighted by Crippen LogP contribution is 2.26. The van der Waals surface area contributed by atoms with Crippen LogP contribution in [0, 0.1) is 11.8 Å². The molecular weight excluding hydrogens is 353 g/mol. The monoisotopic (exact) mass is 377 g/mol. The first-order chi connectivity index (χ1) is 8.62. The van der Waals surface area contributed by atoms with Crippen LogP contribution in [0.2, 0.25) is 0 Å². The minimum atomic E-state index is -0.309. The van der Waals surface area contributed by atoms with Gasteiger partial charge in [-0.1, -0.05) is 55.5 Å². The van der Waals surface area contributed by atoms with E-state index in [2.05, 4.69) is 53.7 Å². The minimum absolute atomic E-state index is 0.0265. The molecule has 0 N–H and O–H groups in total. The smallest absolute Gasteiger partial charge is 0.151 e. The maximum Gasteiger partial charge on any atom is 0.151 e. The molecule has 2 unspecified atom stereocenters. The molecule has 1 aromatic heterocycles. The molecule has 5 heteroatoms. The van der Waals surface area contributed by atoms with Gasteiger partial charge in [0.1, 0.15) is 0 Å². The summed E-state index contributed by atoms with van der Waals surface area (Å²) in [4.78, 5) is 12.3. The standard InChI is InChI=1S/C14H24IN3O/c1-9(2)12-8-18(17-16-12)7-10(3)11(4)13(19)14(5,6)15/h8-11H,7H2,1-6H3. The summed E-state index contributed by atoms with van der Waals surface area (Å²) >= 11 is 2.21. The van der Waals surface area contributed by atoms with E-state index in [1.165, 1.54) is 0 Å². The van der Waals surface area contributed by atoms with E-state index in [-0.39, 0.29) is 15.3 Å². The molecule has 0 aliphatic carbocycles. The van der Waals surface area contributed by atoms with Crippen LogP contribution in [-0.2, 0) is 11.3 Å². The summed E-state index contributed by atoms with van der Waals surface area (Å²) in [6.45, 7) is 13.0. The highest BCUT2D eigenvalue weighted by atomic mass is 127. The lowest BCUT2D eigenvalue weighted by Crippen LogP contribution is -2.34. The van der Waals surface area contributed by atoms with Crippen LogP contribution in [0.1, 0.15) is 53.2 Å². The Bertz CT molecular complexity index is 434. The van der Waals surface area contributed by atoms with E-state index in [9.17, 15) is 4.79 Å². The Morgan fingerprint density at radius 1 is 1.37 bits per heavy atom. The molecule has 108 valence electrons. The van der Waals surface area contributed by atoms with Crippen LogP contribution < -0.4 is 0 Å². The van der Waals surface area contributed by atoms with Gasteiger partial charge in [0, 0.05) is 18.7 Å². The first-order valence-corrected chi connectivity index (χ1v) is 7.84. The zero-order valence-corrected chi connectivity index (χ0v) is 14.8. The second kappa shape index (κ2) is 6.33. The number of nitrogens with zero attached hydrogens (tertiary/aromatic N) is 3. The molecule has 0 saturated heterocycles. The molecule has 19 heavy (non-hydrogen) atoms. The molecule has 0 spiro atoms. The average Bonchev–Trinajstić information content (AvgIpc) is 2.74. The van der Waals surface area contributed by atoms with Gasteiger partial charge in [-0.05, 0) is 25.7 Å². The second-order valence-corrected chi connectivity index (χ2v) is 8.82. The van der Waals surface area contributed by atoms with E-state index in [4.69, 9.17) is 0 Å². The molecular formula is C14H24IN3O. The van der Waals surface area contributed by atoms with Crippen LogP contribution >= 0.6 is 22.6 Å². The number of carbonyl (C=O) groups excluding carboxylic acids is 1. The number of aromatic nitrogens is 3. The number of hydrogen-bond acceptors (Lipinski definition) is 3. The second-order valence-electron chi connectivity index (χ2n) is 6.12. The van der Waals surface area contributed by atoms with Gasteiger partial charge in [-0.2, -0.15) is 0 Å². The van der Waals surface area contributed by atoms with Gasteiger partial charge < -0.3 is 0 Å². The molecule has 0 saturated carbocycles. The SMILES string of the molecule is CC(C)c1cn(CC(C)C(C)C(=O)C(C)(C)I)nn1. The normalized spacial score (nSPS) is 15.6. The number of ketones is 1. The summed E-state index contributed by atoms with van der Waals surface area (Å²) in [6, 6.07) is 0. The summed E-state index contributed by atoms with van der Waals surface area (Å²) in [5.41, 5.74) is 1.00. The van der Waals surface area contributed by atoms with E-state index in [1.54, 1.807) is 0 Å². The van der Waals surface area contributed by atoms with E-state index >= 15 is 0 Å². The first-order valence-electron chi connectivity index (χ1n) is 6.76. The maximum atomic E-state index is 12.3. The average molecular weight is 377 g/mol. The molecule has 1 aromatic rings. The van der Waals surface area contributed by atoms with Crippen molar-refractivity contribution in [3.8, 4) is 0 Å². The molecule has 0 radical (unpaired) electrons. The lowest BCUT2D eigenvalue weighted by Gasteiger charge is -2.24. The van der Waals surface area contributed by atoms with Gasteiger partial charge in [0.25, 0.3) is 0 Å². The summed E-state index contributed by atoms with van der Waals surface area (Å²) in [5, 5.41) is 8.28. The molecule has 1 heterocycles. The molecule has 0 bridgehead atoms. The number of hydrogen-bond donors (Lipinski definition) is 0. The molecule has 0 aliphatic rings. The fourth-order valence-corrected chi connectivity index (χ4v) is 2.41. The van der Waals surface area contributed by atoms with Crippen molar-refractivity contribution in [1.82, 2.24) is 15.0 Å². The lowest BCUT2D eigenvalue weighted by atomic mass is 9.87. The first kappa shape index (κ1) is 16.6. The topological polar surface area (TPSA) is 47.8 Å². The third kappa shape index (κ3) is 4.54. The van der Waals surface area contributed by atoms with Crippen molar-refractivity contribution in [2.24, 2.45) is 11.8 Å². The van der Waals surface area contributed by atoms with Crippen LogP contribution in [0.5, 0.6) is 0 Å². The molecule has 4 nitrogen and oxygen atoms in total. The van der Waals surface area contributed by atoms with Gasteiger partial charge in [-0.15, -0.1) is 5.10 Å². The van der Waals surface area contributed by atoms with E-state index in [1.807, 2.05) is 31.6 Å². The van der Waals surface area contributed by atoms with Crippen LogP contribution in [-0.4, -0.2) is 24.2 Å². The van der Waals surface area contributed by atoms with Gasteiger partial charge in [0.2, 0.25) is 0 Å². The van der Waals surface area contributed by atoms with Crippen molar-refractivity contribution in [3.05, 3.63) is 11.9 Å². The molecule has 2 atom stereocenters. The van der Waals surface area contributed by atoms with Crippen molar-refractivity contribution < 1.29 is 4.79 Å². The molecule has 0 aliphatic heterocycles. The zero-order valence-electron chi connectivity index (χ0n) is 12.6. The van der Waals surface area contributed by atoms with Gasteiger partial charge >= 0.3 is 0 Å². The van der Waals surface area contributed by atoms with Crippen molar-refractivity contribution in [1.29, 1.82) is 0 Å². The van der Waals surface area contributed by atoms with Crippen LogP contribution in [0.4, 0.5) is 0 Å². The Morgan fingerprint density at radius 3 is 2.37 bits per heavy atom. The van der Waals surface area contributed by atoms with Crippen molar-refractivity contribution in [2.45, 2.75) is 57.4 Å². The minimum Gasteiger partial charge on any atom is -0.298 e. The van der Waals surface area contributed by atoms with Gasteiger partial charge in [-0.25, -0.2) is 0 Å². The maximum absolute atomic E-state index is 12.3. The van der Waals surface area contributed by atoms with Gasteiger partial charge in [0.15, 0.2) is 5.78 Å². The van der Waals surface area contributed by atoms with E-state index < -0.39 is 0 Å². The molecule has 0 fully saturated rings. The number of Topliss-reactive ketones (excluding diaryl/α,β-unsaturated/α-hetero) is 1. The van der Waals surface area contributed by atoms with Crippen molar-refractivity contribution in [2.75, 3.05) is 0 Å². The van der Waals surface area contributed by atoms with E-state index in [0.717, 1.165) is 12.2 Å². The number of halogens is 1. The Hall–Kier alpha value is -0.460. The fraction of sp³-hybridized carbons (Fsp3) is 0.786. The Labute approximate surface area is 129 Å². The number of rotatable bonds is 6. The predicted octanol–water partition coefficient (Wildman–Crippen LogP) is 3.46.